The second kappa shape index (κ2) is 9.75. The van der Waals surface area contributed by atoms with E-state index in [-0.39, 0.29) is 18.5 Å². The van der Waals surface area contributed by atoms with E-state index in [1.807, 2.05) is 25.1 Å². The predicted molar refractivity (Wildman–Crippen MR) is 101 cm³/mol. The average Bonchev–Trinajstić information content (AvgIpc) is 2.56. The number of hydrogen-bond acceptors (Lipinski definition) is 2. The van der Waals surface area contributed by atoms with Crippen LogP contribution in [0.25, 0.3) is 0 Å². The van der Waals surface area contributed by atoms with Gasteiger partial charge < -0.3 is 15.5 Å². The van der Waals surface area contributed by atoms with Crippen LogP contribution < -0.4 is 10.6 Å². The fourth-order valence-electron chi connectivity index (χ4n) is 2.06. The van der Waals surface area contributed by atoms with E-state index in [9.17, 15) is 4.79 Å². The summed E-state index contributed by atoms with van der Waals surface area (Å²) in [5.41, 5.74) is 2.27. The van der Waals surface area contributed by atoms with Gasteiger partial charge in [0.2, 0.25) is 5.91 Å². The van der Waals surface area contributed by atoms with Crippen molar-refractivity contribution in [3.63, 3.8) is 0 Å². The van der Waals surface area contributed by atoms with Gasteiger partial charge in [-0.3, -0.25) is 4.79 Å². The van der Waals surface area contributed by atoms with E-state index in [0.29, 0.717) is 18.4 Å². The molecule has 2 unspecified atom stereocenters. The Labute approximate surface area is 145 Å². The number of nitrogens with zero attached hydrogens (tertiary/aromatic N) is 2. The largest absolute Gasteiger partial charge is 0.353 e. The van der Waals surface area contributed by atoms with E-state index in [0.717, 1.165) is 5.57 Å². The van der Waals surface area contributed by atoms with Gasteiger partial charge in [0.05, 0.1) is 0 Å². The molecule has 2 N–H and O–H groups in total. The summed E-state index contributed by atoms with van der Waals surface area (Å²) in [5.74, 6) is 0.909. The van der Waals surface area contributed by atoms with Gasteiger partial charge in [0.25, 0.3) is 0 Å². The van der Waals surface area contributed by atoms with E-state index >= 15 is 0 Å². The van der Waals surface area contributed by atoms with E-state index in [4.69, 9.17) is 0 Å². The Kier molecular flexibility index (Phi) is 8.02. The average molecular weight is 330 g/mol. The summed E-state index contributed by atoms with van der Waals surface area (Å²) in [7, 11) is 3.46. The number of amides is 1. The third kappa shape index (κ3) is 6.86. The summed E-state index contributed by atoms with van der Waals surface area (Å²) in [4.78, 5) is 17.7. The molecular formula is C19H30N4O. The molecule has 0 aliphatic heterocycles. The minimum absolute atomic E-state index is 0.0322. The lowest BCUT2D eigenvalue weighted by atomic mass is 9.94. The molecule has 0 aromatic heterocycles. The maximum absolute atomic E-state index is 11.8. The second-order valence-electron chi connectivity index (χ2n) is 6.40. The molecule has 0 bridgehead atoms. The van der Waals surface area contributed by atoms with Gasteiger partial charge in [-0.1, -0.05) is 49.4 Å². The Hall–Kier alpha value is -2.30. The van der Waals surface area contributed by atoms with Crippen LogP contribution in [0.2, 0.25) is 0 Å². The molecule has 1 rings (SSSR count). The lowest BCUT2D eigenvalue weighted by Crippen LogP contribution is -2.45. The van der Waals surface area contributed by atoms with Crippen LogP contribution >= 0.6 is 0 Å². The predicted octanol–water partition coefficient (Wildman–Crippen LogP) is 2.38. The van der Waals surface area contributed by atoms with Crippen molar-refractivity contribution >= 4 is 11.9 Å². The number of carbonyl (C=O) groups is 1. The van der Waals surface area contributed by atoms with Crippen LogP contribution in [0.3, 0.4) is 0 Å². The van der Waals surface area contributed by atoms with Crippen molar-refractivity contribution in [2.24, 2.45) is 4.99 Å². The van der Waals surface area contributed by atoms with Gasteiger partial charge in [-0.15, -0.1) is 0 Å². The maximum atomic E-state index is 11.8. The monoisotopic (exact) mass is 330 g/mol. The zero-order valence-electron chi connectivity index (χ0n) is 15.5. The van der Waals surface area contributed by atoms with E-state index in [1.54, 1.807) is 14.1 Å². The van der Waals surface area contributed by atoms with Crippen molar-refractivity contribution in [2.75, 3.05) is 27.2 Å². The van der Waals surface area contributed by atoms with Gasteiger partial charge in [-0.05, 0) is 19.4 Å². The van der Waals surface area contributed by atoms with Crippen LogP contribution in [0.15, 0.2) is 47.5 Å². The van der Waals surface area contributed by atoms with E-state index in [1.165, 1.54) is 10.5 Å². The zero-order chi connectivity index (χ0) is 18.1. The van der Waals surface area contributed by atoms with Crippen molar-refractivity contribution in [2.45, 2.75) is 32.7 Å². The number of aliphatic imine (C=N–C) groups is 1. The lowest BCUT2D eigenvalue weighted by molar-refractivity contribution is -0.127. The van der Waals surface area contributed by atoms with Crippen molar-refractivity contribution in [1.82, 2.24) is 15.5 Å². The molecule has 0 aliphatic carbocycles. The van der Waals surface area contributed by atoms with Crippen LogP contribution in [0.5, 0.6) is 0 Å². The molecule has 1 amide bonds. The number of likely N-dealkylation sites (N-methyl/N-ethyl adjacent to an activating group) is 1. The number of benzene rings is 1. The summed E-state index contributed by atoms with van der Waals surface area (Å²) in [6.07, 6.45) is 0. The Morgan fingerprint density at radius 3 is 2.42 bits per heavy atom. The Balaban J connectivity index is 2.76. The quantitative estimate of drug-likeness (QED) is 0.458. The molecular weight excluding hydrogens is 300 g/mol. The molecule has 0 aliphatic rings. The molecule has 2 atom stereocenters. The first-order valence-electron chi connectivity index (χ1n) is 8.25. The summed E-state index contributed by atoms with van der Waals surface area (Å²) in [6, 6.07) is 10.5. The molecule has 5 nitrogen and oxygen atoms in total. The second-order valence-corrected chi connectivity index (χ2v) is 6.40. The van der Waals surface area contributed by atoms with Crippen molar-refractivity contribution < 1.29 is 4.79 Å². The Morgan fingerprint density at radius 2 is 1.88 bits per heavy atom. The highest BCUT2D eigenvalue weighted by atomic mass is 16.2. The third-order valence-electron chi connectivity index (χ3n) is 3.87. The SMILES string of the molecule is C=C(C)CNC(=NCC(=O)N(C)C)NC(C)C(C)c1ccccc1. The van der Waals surface area contributed by atoms with Crippen molar-refractivity contribution in [3.8, 4) is 0 Å². The Morgan fingerprint density at radius 1 is 1.25 bits per heavy atom. The summed E-state index contributed by atoms with van der Waals surface area (Å²) >= 11 is 0. The molecule has 24 heavy (non-hydrogen) atoms. The van der Waals surface area contributed by atoms with E-state index in [2.05, 4.69) is 48.2 Å². The molecule has 0 saturated heterocycles. The molecule has 1 aromatic carbocycles. The van der Waals surface area contributed by atoms with Gasteiger partial charge in [0, 0.05) is 32.6 Å². The fourth-order valence-corrected chi connectivity index (χ4v) is 2.06. The molecule has 0 saturated carbocycles. The molecule has 0 fully saturated rings. The highest BCUT2D eigenvalue weighted by Gasteiger charge is 2.15. The van der Waals surface area contributed by atoms with Gasteiger partial charge in [0.15, 0.2) is 5.96 Å². The number of nitrogens with one attached hydrogen (secondary N) is 2. The van der Waals surface area contributed by atoms with E-state index < -0.39 is 0 Å². The van der Waals surface area contributed by atoms with Gasteiger partial charge in [0.1, 0.15) is 6.54 Å². The topological polar surface area (TPSA) is 56.7 Å². The molecule has 5 heteroatoms. The lowest BCUT2D eigenvalue weighted by Gasteiger charge is -2.24. The number of guanidine groups is 1. The smallest absolute Gasteiger partial charge is 0.243 e. The number of hydrogen-bond donors (Lipinski definition) is 2. The highest BCUT2D eigenvalue weighted by Crippen LogP contribution is 2.18. The molecule has 132 valence electrons. The van der Waals surface area contributed by atoms with Gasteiger partial charge >= 0.3 is 0 Å². The summed E-state index contributed by atoms with van der Waals surface area (Å²) < 4.78 is 0. The molecule has 0 spiro atoms. The molecule has 1 aromatic rings. The standard InChI is InChI=1S/C19H30N4O/c1-14(2)12-20-19(21-13-18(24)23(5)6)22-16(4)15(3)17-10-8-7-9-11-17/h7-11,15-16H,1,12-13H2,2-6H3,(H2,20,21,22). The van der Waals surface area contributed by atoms with Crippen LogP contribution in [0.1, 0.15) is 32.3 Å². The normalized spacial score (nSPS) is 13.8. The van der Waals surface area contributed by atoms with Crippen LogP contribution in [0.4, 0.5) is 0 Å². The highest BCUT2D eigenvalue weighted by molar-refractivity contribution is 5.85. The van der Waals surface area contributed by atoms with Crippen LogP contribution in [-0.2, 0) is 4.79 Å². The summed E-state index contributed by atoms with van der Waals surface area (Å²) in [5, 5.41) is 6.61. The number of carbonyl (C=O) groups excluding carboxylic acids is 1. The molecule has 0 heterocycles. The maximum Gasteiger partial charge on any atom is 0.243 e. The van der Waals surface area contributed by atoms with Crippen molar-refractivity contribution in [3.05, 3.63) is 48.0 Å². The minimum atomic E-state index is -0.0322. The first-order chi connectivity index (χ1) is 11.3. The molecule has 0 radical (unpaired) electrons. The zero-order valence-corrected chi connectivity index (χ0v) is 15.5. The van der Waals surface area contributed by atoms with Crippen LogP contribution in [-0.4, -0.2) is 50.0 Å². The third-order valence-corrected chi connectivity index (χ3v) is 3.87. The van der Waals surface area contributed by atoms with Crippen molar-refractivity contribution in [1.29, 1.82) is 0 Å². The van der Waals surface area contributed by atoms with Gasteiger partial charge in [-0.25, -0.2) is 4.99 Å². The Bertz CT molecular complexity index is 566. The first kappa shape index (κ1) is 19.7. The number of rotatable bonds is 7. The minimum Gasteiger partial charge on any atom is -0.353 e. The van der Waals surface area contributed by atoms with Crippen LogP contribution in [0, 0.1) is 0 Å². The fraction of sp³-hybridized carbons (Fsp3) is 0.474. The van der Waals surface area contributed by atoms with Gasteiger partial charge in [-0.2, -0.15) is 0 Å². The summed E-state index contributed by atoms with van der Waals surface area (Å²) in [6.45, 7) is 10.9. The first-order valence-corrected chi connectivity index (χ1v) is 8.25.